The number of carbonyl (C=O) groups is 3. The van der Waals surface area contributed by atoms with E-state index in [1.54, 1.807) is 43.4 Å². The third-order valence-electron chi connectivity index (χ3n) is 6.37. The van der Waals surface area contributed by atoms with Crippen LogP contribution >= 0.6 is 0 Å². The first kappa shape index (κ1) is 21.7. The molecular formula is C25H24N4O5. The fraction of sp³-hybridized carbons (Fsp3) is 0.280. The van der Waals surface area contributed by atoms with E-state index >= 15 is 0 Å². The van der Waals surface area contributed by atoms with Gasteiger partial charge in [0.1, 0.15) is 11.8 Å². The van der Waals surface area contributed by atoms with E-state index < -0.39 is 6.04 Å². The summed E-state index contributed by atoms with van der Waals surface area (Å²) in [6.45, 7) is 0.479. The molecule has 9 nitrogen and oxygen atoms in total. The molecule has 1 saturated heterocycles. The molecule has 34 heavy (non-hydrogen) atoms. The lowest BCUT2D eigenvalue weighted by Gasteiger charge is -2.35. The molecule has 3 amide bonds. The molecule has 0 spiro atoms. The lowest BCUT2D eigenvalue weighted by atomic mass is 10.0. The second-order valence-electron chi connectivity index (χ2n) is 8.35. The van der Waals surface area contributed by atoms with Crippen molar-refractivity contribution in [3.05, 3.63) is 65.2 Å². The number of hydrogen-bond donors (Lipinski definition) is 1. The SMILES string of the molecule is COc1ccc(CN2C(=O)CCC(N3Cc4cc(-c5cc(OC)n[nH]5)ccc4C3=O)C2=O)cc1. The van der Waals surface area contributed by atoms with E-state index in [1.807, 2.05) is 24.3 Å². The number of likely N-dealkylation sites (tertiary alicyclic amines) is 1. The van der Waals surface area contributed by atoms with Gasteiger partial charge in [-0.3, -0.25) is 24.4 Å². The standard InChI is InChI=1S/C25H24N4O5/c1-33-18-6-3-15(4-7-18)13-29-23(30)10-9-21(25(29)32)28-14-17-11-16(5-8-19(17)24(28)31)20-12-22(34-2)27-26-20/h3-8,11-12,21H,9-10,13-14H2,1-2H3,(H,26,27). The number of aromatic amines is 1. The summed E-state index contributed by atoms with van der Waals surface area (Å²) in [4.78, 5) is 41.9. The number of nitrogens with one attached hydrogen (secondary N) is 1. The number of H-pyrrole nitrogens is 1. The first-order valence-electron chi connectivity index (χ1n) is 11.0. The molecule has 1 unspecified atom stereocenters. The fourth-order valence-electron chi connectivity index (χ4n) is 4.51. The molecule has 0 aliphatic carbocycles. The Morgan fingerprint density at radius 2 is 1.82 bits per heavy atom. The highest BCUT2D eigenvalue weighted by Gasteiger charge is 2.42. The molecule has 3 aromatic rings. The average Bonchev–Trinajstić information content (AvgIpc) is 3.47. The maximum atomic E-state index is 13.3. The first-order chi connectivity index (χ1) is 16.5. The van der Waals surface area contributed by atoms with Crippen LogP contribution in [0.15, 0.2) is 48.5 Å². The Morgan fingerprint density at radius 1 is 1.03 bits per heavy atom. The van der Waals surface area contributed by atoms with E-state index in [0.29, 0.717) is 30.2 Å². The summed E-state index contributed by atoms with van der Waals surface area (Å²) in [6.07, 6.45) is 0.535. The Morgan fingerprint density at radius 3 is 2.53 bits per heavy atom. The number of nitrogens with zero attached hydrogens (tertiary/aromatic N) is 3. The number of hydrogen-bond acceptors (Lipinski definition) is 6. The molecule has 2 aliphatic rings. The van der Waals surface area contributed by atoms with Gasteiger partial charge in [0.2, 0.25) is 11.8 Å². The molecule has 2 aliphatic heterocycles. The van der Waals surface area contributed by atoms with Crippen LogP contribution < -0.4 is 9.47 Å². The maximum absolute atomic E-state index is 13.3. The van der Waals surface area contributed by atoms with Crippen molar-refractivity contribution in [3.8, 4) is 22.9 Å². The summed E-state index contributed by atoms with van der Waals surface area (Å²) in [7, 11) is 3.13. The number of methoxy groups -OCH3 is 2. The monoisotopic (exact) mass is 460 g/mol. The predicted octanol–water partition coefficient (Wildman–Crippen LogP) is 2.77. The summed E-state index contributed by atoms with van der Waals surface area (Å²) in [5.74, 6) is 0.415. The molecule has 0 saturated carbocycles. The summed E-state index contributed by atoms with van der Waals surface area (Å²) in [5, 5.41) is 6.98. The molecule has 9 heteroatoms. The van der Waals surface area contributed by atoms with E-state index in [2.05, 4.69) is 10.2 Å². The molecule has 2 aromatic carbocycles. The van der Waals surface area contributed by atoms with Gasteiger partial charge < -0.3 is 14.4 Å². The number of carbonyl (C=O) groups excluding carboxylic acids is 3. The molecule has 1 fully saturated rings. The third-order valence-corrected chi connectivity index (χ3v) is 6.37. The minimum absolute atomic E-state index is 0.166. The van der Waals surface area contributed by atoms with Gasteiger partial charge in [0.25, 0.3) is 11.8 Å². The highest BCUT2D eigenvalue weighted by molar-refractivity contribution is 6.05. The van der Waals surface area contributed by atoms with Crippen LogP contribution in [0, 0.1) is 0 Å². The summed E-state index contributed by atoms with van der Waals surface area (Å²) < 4.78 is 10.3. The van der Waals surface area contributed by atoms with Crippen LogP contribution in [0.5, 0.6) is 11.6 Å². The lowest BCUT2D eigenvalue weighted by Crippen LogP contribution is -2.54. The molecule has 174 valence electrons. The van der Waals surface area contributed by atoms with Crippen LogP contribution in [0.25, 0.3) is 11.3 Å². The van der Waals surface area contributed by atoms with E-state index in [4.69, 9.17) is 9.47 Å². The van der Waals surface area contributed by atoms with E-state index in [1.165, 1.54) is 4.90 Å². The minimum atomic E-state index is -0.674. The van der Waals surface area contributed by atoms with Gasteiger partial charge in [0.15, 0.2) is 0 Å². The third kappa shape index (κ3) is 3.79. The van der Waals surface area contributed by atoms with E-state index in [9.17, 15) is 14.4 Å². The Hall–Kier alpha value is -4.14. The van der Waals surface area contributed by atoms with Crippen LogP contribution in [0.4, 0.5) is 0 Å². The number of imide groups is 1. The van der Waals surface area contributed by atoms with Crippen molar-refractivity contribution in [2.75, 3.05) is 14.2 Å². The van der Waals surface area contributed by atoms with Crippen LogP contribution in [-0.4, -0.2) is 58.0 Å². The van der Waals surface area contributed by atoms with Gasteiger partial charge in [-0.15, -0.1) is 5.10 Å². The number of amides is 3. The molecule has 0 bridgehead atoms. The number of rotatable bonds is 6. The van der Waals surface area contributed by atoms with Crippen LogP contribution in [0.2, 0.25) is 0 Å². The molecule has 5 rings (SSSR count). The number of ether oxygens (including phenoxy) is 2. The van der Waals surface area contributed by atoms with Gasteiger partial charge in [-0.2, -0.15) is 0 Å². The topological polar surface area (TPSA) is 105 Å². The zero-order chi connectivity index (χ0) is 23.8. The van der Waals surface area contributed by atoms with Crippen LogP contribution in [0.1, 0.15) is 34.3 Å². The zero-order valence-corrected chi connectivity index (χ0v) is 18.9. The summed E-state index contributed by atoms with van der Waals surface area (Å²) in [6, 6.07) is 13.9. The van der Waals surface area contributed by atoms with Crippen molar-refractivity contribution in [2.45, 2.75) is 32.0 Å². The van der Waals surface area contributed by atoms with Crippen molar-refractivity contribution in [1.82, 2.24) is 20.0 Å². The Bertz CT molecular complexity index is 1270. The molecule has 3 heterocycles. The van der Waals surface area contributed by atoms with Gasteiger partial charge in [0, 0.05) is 30.2 Å². The molecular weight excluding hydrogens is 436 g/mol. The van der Waals surface area contributed by atoms with Crippen molar-refractivity contribution < 1.29 is 23.9 Å². The molecule has 0 radical (unpaired) electrons. The minimum Gasteiger partial charge on any atom is -0.497 e. The Kier molecular flexibility index (Phi) is 5.53. The number of aromatic nitrogens is 2. The highest BCUT2D eigenvalue weighted by Crippen LogP contribution is 2.32. The predicted molar refractivity (Wildman–Crippen MR) is 122 cm³/mol. The largest absolute Gasteiger partial charge is 0.497 e. The average molecular weight is 460 g/mol. The molecule has 1 atom stereocenters. The molecule has 1 N–H and O–H groups in total. The van der Waals surface area contributed by atoms with E-state index in [0.717, 1.165) is 22.4 Å². The highest BCUT2D eigenvalue weighted by atomic mass is 16.5. The second-order valence-corrected chi connectivity index (χ2v) is 8.35. The van der Waals surface area contributed by atoms with Crippen LogP contribution in [-0.2, 0) is 22.7 Å². The fourth-order valence-corrected chi connectivity index (χ4v) is 4.51. The van der Waals surface area contributed by atoms with Crippen LogP contribution in [0.3, 0.4) is 0 Å². The summed E-state index contributed by atoms with van der Waals surface area (Å²) in [5.41, 5.74) is 3.87. The van der Waals surface area contributed by atoms with Crippen molar-refractivity contribution in [1.29, 1.82) is 0 Å². The lowest BCUT2D eigenvalue weighted by molar-refractivity contribution is -0.153. The Balaban J connectivity index is 1.35. The quantitative estimate of drug-likeness (QED) is 0.567. The zero-order valence-electron chi connectivity index (χ0n) is 18.9. The summed E-state index contributed by atoms with van der Waals surface area (Å²) >= 11 is 0. The normalized spacial score (nSPS) is 17.8. The van der Waals surface area contributed by atoms with Gasteiger partial charge in [-0.05, 0) is 41.8 Å². The number of piperidine rings is 1. The number of fused-ring (bicyclic) bond motifs is 1. The van der Waals surface area contributed by atoms with Gasteiger partial charge in [0.05, 0.1) is 26.5 Å². The van der Waals surface area contributed by atoms with Gasteiger partial charge >= 0.3 is 0 Å². The first-order valence-corrected chi connectivity index (χ1v) is 11.0. The Labute approximate surface area is 196 Å². The second kappa shape index (κ2) is 8.66. The van der Waals surface area contributed by atoms with Gasteiger partial charge in [-0.1, -0.05) is 18.2 Å². The van der Waals surface area contributed by atoms with Crippen molar-refractivity contribution in [2.24, 2.45) is 0 Å². The maximum Gasteiger partial charge on any atom is 0.255 e. The van der Waals surface area contributed by atoms with E-state index in [-0.39, 0.29) is 30.7 Å². The van der Waals surface area contributed by atoms with Crippen molar-refractivity contribution in [3.63, 3.8) is 0 Å². The number of benzene rings is 2. The van der Waals surface area contributed by atoms with Gasteiger partial charge in [-0.25, -0.2) is 0 Å². The molecule has 1 aromatic heterocycles. The van der Waals surface area contributed by atoms with Crippen molar-refractivity contribution >= 4 is 17.7 Å². The smallest absolute Gasteiger partial charge is 0.255 e.